The number of piperazine rings is 1. The predicted octanol–water partition coefficient (Wildman–Crippen LogP) is -0.265. The largest absolute Gasteiger partial charge is 0.306 e. The summed E-state index contributed by atoms with van der Waals surface area (Å²) in [6, 6.07) is 3.74. The third kappa shape index (κ3) is 3.41. The Balaban J connectivity index is 1.79. The molecule has 0 bridgehead atoms. The van der Waals surface area contributed by atoms with Gasteiger partial charge in [-0.3, -0.25) is 0 Å². The van der Waals surface area contributed by atoms with Gasteiger partial charge in [0.2, 0.25) is 10.0 Å². The van der Waals surface area contributed by atoms with Crippen LogP contribution in [-0.4, -0.2) is 76.7 Å². The zero-order valence-electron chi connectivity index (χ0n) is 15.6. The molecule has 4 atom stereocenters. The first-order valence-corrected chi connectivity index (χ1v) is 14.3. The normalized spacial score (nSPS) is 34.2. The molecule has 28 heavy (non-hydrogen) atoms. The van der Waals surface area contributed by atoms with Gasteiger partial charge < -0.3 is 5.32 Å². The van der Waals surface area contributed by atoms with E-state index in [-0.39, 0.29) is 33.8 Å². The van der Waals surface area contributed by atoms with Crippen LogP contribution in [0.1, 0.15) is 25.3 Å². The topological polar surface area (TPSA) is 118 Å². The summed E-state index contributed by atoms with van der Waals surface area (Å²) in [4.78, 5) is 0.0601. The number of sulfonamides is 1. The number of benzene rings is 1. The third-order valence-electron chi connectivity index (χ3n) is 5.85. The molecule has 1 aromatic rings. The van der Waals surface area contributed by atoms with Gasteiger partial charge in [-0.1, -0.05) is 26.0 Å². The van der Waals surface area contributed by atoms with E-state index in [9.17, 15) is 25.3 Å². The highest BCUT2D eigenvalue weighted by molar-refractivity contribution is 7.92. The lowest BCUT2D eigenvalue weighted by molar-refractivity contribution is 0.160. The maximum Gasteiger partial charge on any atom is 0.243 e. The molecule has 3 aliphatic heterocycles. The SMILES string of the molecule is CC(C)c1ccc(S(=O)(=O)N2[C@@H]3CS(=O)(=O)C[C@@H]3N[C@@H]3CS(=O)(=O)C[C@H]32)cc1. The first-order valence-electron chi connectivity index (χ1n) is 9.20. The van der Waals surface area contributed by atoms with Crippen molar-refractivity contribution < 1.29 is 25.3 Å². The van der Waals surface area contributed by atoms with Crippen molar-refractivity contribution in [3.8, 4) is 0 Å². The highest BCUT2D eigenvalue weighted by Gasteiger charge is 2.57. The fraction of sp³-hybridized carbons (Fsp3) is 0.647. The zero-order chi connectivity index (χ0) is 20.5. The van der Waals surface area contributed by atoms with E-state index >= 15 is 0 Å². The minimum absolute atomic E-state index is 0.0601. The van der Waals surface area contributed by atoms with Gasteiger partial charge in [0, 0.05) is 12.1 Å². The fourth-order valence-electron chi connectivity index (χ4n) is 4.50. The Kier molecular flexibility index (Phi) is 4.70. The first-order chi connectivity index (χ1) is 12.9. The molecule has 1 N–H and O–H groups in total. The monoisotopic (exact) mass is 448 g/mol. The van der Waals surface area contributed by atoms with Gasteiger partial charge in [-0.15, -0.1) is 0 Å². The Morgan fingerprint density at radius 3 is 1.79 bits per heavy atom. The van der Waals surface area contributed by atoms with Gasteiger partial charge in [0.1, 0.15) is 0 Å². The lowest BCUT2D eigenvalue weighted by Gasteiger charge is -2.43. The molecule has 3 fully saturated rings. The van der Waals surface area contributed by atoms with Crippen LogP contribution in [0, 0.1) is 0 Å². The Hall–Kier alpha value is -1.01. The number of fused-ring (bicyclic) bond motifs is 2. The van der Waals surface area contributed by atoms with E-state index in [1.807, 2.05) is 13.8 Å². The molecular formula is C17H24N2O6S3. The standard InChI is InChI=1S/C17H24N2O6S3/c1-11(2)12-3-5-13(6-4-12)28(24,25)19-16-9-26(20,21)7-14(16)18-15-8-27(22,23)10-17(15)19/h3-6,11,14-18H,7-10H2,1-2H3/t14-,15+,16-,17-/m1/s1. The minimum Gasteiger partial charge on any atom is -0.306 e. The van der Waals surface area contributed by atoms with E-state index in [1.54, 1.807) is 12.1 Å². The van der Waals surface area contributed by atoms with Crippen molar-refractivity contribution in [1.29, 1.82) is 0 Å². The van der Waals surface area contributed by atoms with Crippen LogP contribution in [0.4, 0.5) is 0 Å². The lowest BCUT2D eigenvalue weighted by atomic mass is 10.0. The average molecular weight is 449 g/mol. The smallest absolute Gasteiger partial charge is 0.243 e. The quantitative estimate of drug-likeness (QED) is 0.677. The molecule has 156 valence electrons. The van der Waals surface area contributed by atoms with E-state index in [4.69, 9.17) is 0 Å². The first kappa shape index (κ1) is 20.3. The van der Waals surface area contributed by atoms with Gasteiger partial charge in [0.15, 0.2) is 19.7 Å². The van der Waals surface area contributed by atoms with Crippen LogP contribution in [0.2, 0.25) is 0 Å². The summed E-state index contributed by atoms with van der Waals surface area (Å²) < 4.78 is 76.9. The molecule has 0 aromatic heterocycles. The molecule has 4 rings (SSSR count). The summed E-state index contributed by atoms with van der Waals surface area (Å²) >= 11 is 0. The molecular weight excluding hydrogens is 424 g/mol. The molecule has 0 spiro atoms. The summed E-state index contributed by atoms with van der Waals surface area (Å²) in [6.45, 7) is 4.00. The van der Waals surface area contributed by atoms with Crippen LogP contribution in [-0.2, 0) is 29.7 Å². The Bertz CT molecular complexity index is 1050. The second-order valence-corrected chi connectivity index (χ2v) is 14.4. The molecule has 0 saturated carbocycles. The number of sulfone groups is 2. The average Bonchev–Trinajstić information content (AvgIpc) is 3.04. The van der Waals surface area contributed by atoms with E-state index in [2.05, 4.69) is 5.32 Å². The molecule has 3 aliphatic rings. The maximum absolute atomic E-state index is 13.5. The van der Waals surface area contributed by atoms with Crippen molar-refractivity contribution >= 4 is 29.7 Å². The summed E-state index contributed by atoms with van der Waals surface area (Å²) in [5.74, 6) is -0.711. The van der Waals surface area contributed by atoms with Crippen LogP contribution >= 0.6 is 0 Å². The predicted molar refractivity (Wildman–Crippen MR) is 105 cm³/mol. The highest BCUT2D eigenvalue weighted by Crippen LogP contribution is 2.36. The summed E-state index contributed by atoms with van der Waals surface area (Å²) in [6.07, 6.45) is 0. The second-order valence-electron chi connectivity index (χ2n) is 8.23. The summed E-state index contributed by atoms with van der Waals surface area (Å²) in [5.41, 5.74) is 0.988. The third-order valence-corrected chi connectivity index (χ3v) is 11.2. The van der Waals surface area contributed by atoms with E-state index in [1.165, 1.54) is 16.4 Å². The number of rotatable bonds is 3. The molecule has 0 radical (unpaired) electrons. The van der Waals surface area contributed by atoms with Crippen molar-refractivity contribution in [2.24, 2.45) is 0 Å². The number of hydrogen-bond donors (Lipinski definition) is 1. The van der Waals surface area contributed by atoms with E-state index in [0.29, 0.717) is 0 Å². The lowest BCUT2D eigenvalue weighted by Crippen LogP contribution is -2.67. The van der Waals surface area contributed by atoms with E-state index < -0.39 is 53.9 Å². The minimum atomic E-state index is -4.05. The van der Waals surface area contributed by atoms with Gasteiger partial charge in [0.05, 0.1) is 40.0 Å². The van der Waals surface area contributed by atoms with Crippen LogP contribution < -0.4 is 5.32 Å². The molecule has 0 unspecified atom stereocenters. The van der Waals surface area contributed by atoms with Crippen molar-refractivity contribution in [2.45, 2.75) is 48.8 Å². The van der Waals surface area contributed by atoms with Gasteiger partial charge in [0.25, 0.3) is 0 Å². The Morgan fingerprint density at radius 1 is 0.893 bits per heavy atom. The summed E-state index contributed by atoms with van der Waals surface area (Å²) in [7, 11) is -10.8. The Labute approximate surface area is 166 Å². The maximum atomic E-state index is 13.5. The van der Waals surface area contributed by atoms with Crippen LogP contribution in [0.5, 0.6) is 0 Å². The molecule has 11 heteroatoms. The number of nitrogens with zero attached hydrogens (tertiary/aromatic N) is 1. The number of hydrogen-bond acceptors (Lipinski definition) is 7. The second kappa shape index (κ2) is 6.49. The fourth-order valence-corrected chi connectivity index (χ4v) is 10.4. The van der Waals surface area contributed by atoms with Crippen molar-refractivity contribution in [2.75, 3.05) is 23.0 Å². The molecule has 3 saturated heterocycles. The van der Waals surface area contributed by atoms with Crippen LogP contribution in [0.15, 0.2) is 29.2 Å². The van der Waals surface area contributed by atoms with Crippen LogP contribution in [0.3, 0.4) is 0 Å². The molecule has 8 nitrogen and oxygen atoms in total. The van der Waals surface area contributed by atoms with Crippen molar-refractivity contribution in [3.05, 3.63) is 29.8 Å². The van der Waals surface area contributed by atoms with Crippen molar-refractivity contribution in [3.63, 3.8) is 0 Å². The van der Waals surface area contributed by atoms with Gasteiger partial charge in [-0.2, -0.15) is 4.31 Å². The van der Waals surface area contributed by atoms with E-state index in [0.717, 1.165) is 5.56 Å². The van der Waals surface area contributed by atoms with Gasteiger partial charge in [-0.25, -0.2) is 25.3 Å². The van der Waals surface area contributed by atoms with Crippen molar-refractivity contribution in [1.82, 2.24) is 9.62 Å². The molecule has 0 aliphatic carbocycles. The number of nitrogens with one attached hydrogen (secondary N) is 1. The highest BCUT2D eigenvalue weighted by atomic mass is 32.2. The zero-order valence-corrected chi connectivity index (χ0v) is 18.1. The molecule has 3 heterocycles. The summed E-state index contributed by atoms with van der Waals surface area (Å²) in [5, 5.41) is 3.10. The Morgan fingerprint density at radius 2 is 1.36 bits per heavy atom. The van der Waals surface area contributed by atoms with Gasteiger partial charge in [-0.05, 0) is 23.6 Å². The van der Waals surface area contributed by atoms with Crippen LogP contribution in [0.25, 0.3) is 0 Å². The molecule has 1 aromatic carbocycles. The van der Waals surface area contributed by atoms with Gasteiger partial charge >= 0.3 is 0 Å². The molecule has 0 amide bonds.